The molecule has 3 aromatic rings. The molecule has 0 atom stereocenters. The fraction of sp³-hybridized carbons (Fsp3) is 0.429. The summed E-state index contributed by atoms with van der Waals surface area (Å²) in [5.74, 6) is 1.48. The largest absolute Gasteiger partial charge is 0.368 e. The molecule has 2 N–H and O–H groups in total. The normalized spacial score (nSPS) is 14.9. The summed E-state index contributed by atoms with van der Waals surface area (Å²) in [4.78, 5) is 17.9. The van der Waals surface area contributed by atoms with E-state index in [1.165, 1.54) is 12.1 Å². The Morgan fingerprint density at radius 3 is 2.65 bits per heavy atom. The Labute approximate surface area is 181 Å². The quantitative estimate of drug-likeness (QED) is 0.353. The molecule has 10 heteroatoms. The molecule has 2 aromatic heterocycles. The molecule has 1 aromatic carbocycles. The number of anilines is 2. The molecule has 3 heterocycles. The average Bonchev–Trinajstić information content (AvgIpc) is 3.18. The zero-order chi connectivity index (χ0) is 21.6. The van der Waals surface area contributed by atoms with E-state index in [-0.39, 0.29) is 5.82 Å². The number of aromatic nitrogens is 4. The number of nitrogens with one attached hydrogen (secondary N) is 2. The van der Waals surface area contributed by atoms with Crippen LogP contribution in [-0.2, 0) is 7.05 Å². The summed E-state index contributed by atoms with van der Waals surface area (Å²) in [5, 5.41) is 11.9. The van der Waals surface area contributed by atoms with Crippen molar-refractivity contribution in [3.05, 3.63) is 42.6 Å². The Morgan fingerprint density at radius 1 is 1.13 bits per heavy atom. The van der Waals surface area contributed by atoms with E-state index in [9.17, 15) is 4.39 Å². The van der Waals surface area contributed by atoms with Gasteiger partial charge in [-0.05, 0) is 31.2 Å². The summed E-state index contributed by atoms with van der Waals surface area (Å²) in [6, 6.07) is 6.69. The Morgan fingerprint density at radius 2 is 1.90 bits per heavy atom. The van der Waals surface area contributed by atoms with E-state index in [4.69, 9.17) is 4.99 Å². The molecule has 1 aliphatic heterocycles. The second-order valence-corrected chi connectivity index (χ2v) is 7.34. The van der Waals surface area contributed by atoms with Gasteiger partial charge in [0.05, 0.1) is 18.1 Å². The number of hydrogen-bond donors (Lipinski definition) is 2. The van der Waals surface area contributed by atoms with Gasteiger partial charge in [-0.25, -0.2) is 14.4 Å². The molecule has 1 aliphatic rings. The van der Waals surface area contributed by atoms with E-state index in [1.54, 1.807) is 17.2 Å². The SMILES string of the molecule is CCNC(=NCCNc1ncnc2c1cnn2C)N1CCN(c2ccc(F)cc2)CC1. The van der Waals surface area contributed by atoms with Crippen LogP contribution in [0.5, 0.6) is 0 Å². The summed E-state index contributed by atoms with van der Waals surface area (Å²) in [7, 11) is 1.86. The van der Waals surface area contributed by atoms with Gasteiger partial charge in [-0.2, -0.15) is 5.10 Å². The molecule has 0 aliphatic carbocycles. The molecule has 1 fully saturated rings. The minimum Gasteiger partial charge on any atom is -0.368 e. The predicted molar refractivity (Wildman–Crippen MR) is 121 cm³/mol. The van der Waals surface area contributed by atoms with Crippen molar-refractivity contribution in [1.82, 2.24) is 30.0 Å². The van der Waals surface area contributed by atoms with Crippen molar-refractivity contribution in [2.75, 3.05) is 56.0 Å². The van der Waals surface area contributed by atoms with E-state index in [2.05, 4.69) is 42.4 Å². The van der Waals surface area contributed by atoms with Crippen LogP contribution < -0.4 is 15.5 Å². The average molecular weight is 426 g/mol. The number of halogens is 1. The summed E-state index contributed by atoms with van der Waals surface area (Å²) >= 11 is 0. The topological polar surface area (TPSA) is 86.5 Å². The second-order valence-electron chi connectivity index (χ2n) is 7.34. The molecule has 0 amide bonds. The molecular formula is C21H28FN9. The molecule has 0 spiro atoms. The lowest BCUT2D eigenvalue weighted by Crippen LogP contribution is -2.52. The number of rotatable bonds is 6. The third kappa shape index (κ3) is 4.84. The monoisotopic (exact) mass is 425 g/mol. The number of fused-ring (bicyclic) bond motifs is 1. The van der Waals surface area contributed by atoms with E-state index in [0.29, 0.717) is 13.1 Å². The molecule has 9 nitrogen and oxygen atoms in total. The van der Waals surface area contributed by atoms with Crippen LogP contribution >= 0.6 is 0 Å². The van der Waals surface area contributed by atoms with Gasteiger partial charge in [0.2, 0.25) is 0 Å². The molecule has 0 saturated carbocycles. The first-order valence-electron chi connectivity index (χ1n) is 10.6. The molecule has 0 radical (unpaired) electrons. The van der Waals surface area contributed by atoms with Crippen LogP contribution in [0, 0.1) is 5.82 Å². The molecule has 4 rings (SSSR count). The number of guanidine groups is 1. The van der Waals surface area contributed by atoms with Gasteiger partial charge in [0.15, 0.2) is 11.6 Å². The van der Waals surface area contributed by atoms with Gasteiger partial charge >= 0.3 is 0 Å². The number of piperazine rings is 1. The molecule has 164 valence electrons. The minimum absolute atomic E-state index is 0.205. The lowest BCUT2D eigenvalue weighted by Gasteiger charge is -2.37. The maximum atomic E-state index is 13.2. The Kier molecular flexibility index (Phi) is 6.44. The number of aliphatic imine (C=N–C) groups is 1. The summed E-state index contributed by atoms with van der Waals surface area (Å²) in [6.07, 6.45) is 3.31. The first-order valence-corrected chi connectivity index (χ1v) is 10.6. The fourth-order valence-electron chi connectivity index (χ4n) is 3.69. The van der Waals surface area contributed by atoms with E-state index in [0.717, 1.165) is 61.2 Å². The number of hydrogen-bond acceptors (Lipinski definition) is 6. The van der Waals surface area contributed by atoms with E-state index < -0.39 is 0 Å². The Hall–Kier alpha value is -3.43. The highest BCUT2D eigenvalue weighted by Gasteiger charge is 2.19. The van der Waals surface area contributed by atoms with Crippen molar-refractivity contribution in [3.63, 3.8) is 0 Å². The van der Waals surface area contributed by atoms with Crippen molar-refractivity contribution >= 4 is 28.5 Å². The molecule has 31 heavy (non-hydrogen) atoms. The van der Waals surface area contributed by atoms with Crippen LogP contribution in [-0.4, -0.2) is 76.4 Å². The maximum absolute atomic E-state index is 13.2. The maximum Gasteiger partial charge on any atom is 0.194 e. The van der Waals surface area contributed by atoms with Gasteiger partial charge in [-0.15, -0.1) is 0 Å². The lowest BCUT2D eigenvalue weighted by molar-refractivity contribution is 0.373. The third-order valence-electron chi connectivity index (χ3n) is 5.30. The van der Waals surface area contributed by atoms with Gasteiger partial charge in [-0.1, -0.05) is 0 Å². The summed E-state index contributed by atoms with van der Waals surface area (Å²) < 4.78 is 14.9. The molecule has 0 bridgehead atoms. The van der Waals surface area contributed by atoms with Gasteiger partial charge in [-0.3, -0.25) is 9.67 Å². The fourth-order valence-corrected chi connectivity index (χ4v) is 3.69. The standard InChI is InChI=1S/C21H28FN9/c1-3-23-21(31-12-10-30(11-13-31)17-6-4-16(22)5-7-17)25-9-8-24-19-18-14-28-29(2)20(18)27-15-26-19/h4-7,14-15H,3,8-13H2,1-2H3,(H,23,25)(H,24,26,27). The van der Waals surface area contributed by atoms with Crippen molar-refractivity contribution in [1.29, 1.82) is 0 Å². The molecule has 0 unspecified atom stereocenters. The third-order valence-corrected chi connectivity index (χ3v) is 5.30. The van der Waals surface area contributed by atoms with E-state index in [1.807, 2.05) is 19.2 Å². The zero-order valence-corrected chi connectivity index (χ0v) is 17.9. The van der Waals surface area contributed by atoms with E-state index >= 15 is 0 Å². The lowest BCUT2D eigenvalue weighted by atomic mass is 10.2. The van der Waals surface area contributed by atoms with Crippen molar-refractivity contribution in [2.24, 2.45) is 12.0 Å². The van der Waals surface area contributed by atoms with Gasteiger partial charge in [0, 0.05) is 52.0 Å². The Balaban J connectivity index is 1.32. The van der Waals surface area contributed by atoms with Gasteiger partial charge in [0.25, 0.3) is 0 Å². The second kappa shape index (κ2) is 9.59. The van der Waals surface area contributed by atoms with Crippen molar-refractivity contribution in [3.8, 4) is 0 Å². The van der Waals surface area contributed by atoms with Gasteiger partial charge in [0.1, 0.15) is 18.0 Å². The molecule has 1 saturated heterocycles. The van der Waals surface area contributed by atoms with Crippen LogP contribution in [0.25, 0.3) is 11.0 Å². The first-order chi connectivity index (χ1) is 15.2. The zero-order valence-electron chi connectivity index (χ0n) is 17.9. The van der Waals surface area contributed by atoms with Crippen LogP contribution in [0.3, 0.4) is 0 Å². The van der Waals surface area contributed by atoms with Crippen LogP contribution in [0.1, 0.15) is 6.92 Å². The smallest absolute Gasteiger partial charge is 0.194 e. The van der Waals surface area contributed by atoms with Crippen molar-refractivity contribution in [2.45, 2.75) is 6.92 Å². The highest BCUT2D eigenvalue weighted by molar-refractivity contribution is 5.86. The molecular weight excluding hydrogens is 397 g/mol. The van der Waals surface area contributed by atoms with Crippen LogP contribution in [0.4, 0.5) is 15.9 Å². The van der Waals surface area contributed by atoms with Crippen LogP contribution in [0.15, 0.2) is 41.8 Å². The minimum atomic E-state index is -0.205. The summed E-state index contributed by atoms with van der Waals surface area (Å²) in [5.41, 5.74) is 1.85. The highest BCUT2D eigenvalue weighted by atomic mass is 19.1. The van der Waals surface area contributed by atoms with Gasteiger partial charge < -0.3 is 20.4 Å². The highest BCUT2D eigenvalue weighted by Crippen LogP contribution is 2.18. The Bertz CT molecular complexity index is 1020. The number of nitrogens with zero attached hydrogens (tertiary/aromatic N) is 7. The van der Waals surface area contributed by atoms with Crippen LogP contribution in [0.2, 0.25) is 0 Å². The number of aryl methyl sites for hydroxylation is 1. The number of benzene rings is 1. The predicted octanol–water partition coefficient (Wildman–Crippen LogP) is 1.70. The van der Waals surface area contributed by atoms with Crippen molar-refractivity contribution < 1.29 is 4.39 Å². The first kappa shape index (κ1) is 20.8. The summed E-state index contributed by atoms with van der Waals surface area (Å²) in [6.45, 7) is 7.62.